The lowest BCUT2D eigenvalue weighted by atomic mass is 9.63. The van der Waals surface area contributed by atoms with E-state index in [2.05, 4.69) is 76.2 Å². The molecule has 0 fully saturated rings. The number of carboxylic acid groups (broad SMARTS) is 1. The number of allylic oxidation sites excluding steroid dienone is 1. The largest absolute Gasteiger partial charge is 0.478 e. The number of aromatic carboxylic acids is 1. The maximum absolute atomic E-state index is 11.2. The van der Waals surface area contributed by atoms with Gasteiger partial charge in [-0.1, -0.05) is 94.4 Å². The summed E-state index contributed by atoms with van der Waals surface area (Å²) in [5, 5.41) is 9.22. The Hall–Kier alpha value is -3.13. The van der Waals surface area contributed by atoms with Gasteiger partial charge in [0.2, 0.25) is 0 Å². The summed E-state index contributed by atoms with van der Waals surface area (Å²) in [6, 6.07) is 24.6. The van der Waals surface area contributed by atoms with Crippen LogP contribution in [0.25, 0.3) is 11.6 Å². The molecular formula is C30H32O2. The Kier molecular flexibility index (Phi) is 5.81. The van der Waals surface area contributed by atoms with Crippen LogP contribution in [0.1, 0.15) is 78.7 Å². The zero-order chi connectivity index (χ0) is 22.9. The van der Waals surface area contributed by atoms with Gasteiger partial charge in [-0.15, -0.1) is 0 Å². The average molecular weight is 425 g/mol. The van der Waals surface area contributed by atoms with Gasteiger partial charge in [0, 0.05) is 0 Å². The first-order chi connectivity index (χ1) is 15.2. The normalized spacial score (nSPS) is 16.9. The molecule has 0 aromatic heterocycles. The maximum Gasteiger partial charge on any atom is 0.335 e. The summed E-state index contributed by atoms with van der Waals surface area (Å²) < 4.78 is 0. The first-order valence-corrected chi connectivity index (χ1v) is 11.4. The van der Waals surface area contributed by atoms with Crippen LogP contribution in [0.4, 0.5) is 0 Å². The van der Waals surface area contributed by atoms with Gasteiger partial charge in [-0.3, -0.25) is 0 Å². The van der Waals surface area contributed by atoms with Crippen molar-refractivity contribution in [1.82, 2.24) is 0 Å². The molecule has 0 unspecified atom stereocenters. The molecule has 0 heterocycles. The lowest BCUT2D eigenvalue weighted by Crippen LogP contribution is -2.33. The zero-order valence-corrected chi connectivity index (χ0v) is 19.5. The number of carbonyl (C=O) groups is 1. The third kappa shape index (κ3) is 4.55. The Bertz CT molecular complexity index is 1150. The average Bonchev–Trinajstić information content (AvgIpc) is 2.77. The summed E-state index contributed by atoms with van der Waals surface area (Å²) in [5.41, 5.74) is 8.32. The summed E-state index contributed by atoms with van der Waals surface area (Å²) in [5.74, 6) is -0.899. The van der Waals surface area contributed by atoms with Crippen LogP contribution in [0.5, 0.6) is 0 Å². The molecule has 0 bridgehead atoms. The first-order valence-electron chi connectivity index (χ1n) is 11.4. The summed E-state index contributed by atoms with van der Waals surface area (Å²) in [7, 11) is 0. The molecule has 0 atom stereocenters. The van der Waals surface area contributed by atoms with Crippen LogP contribution in [0.15, 0.2) is 72.8 Å². The third-order valence-corrected chi connectivity index (χ3v) is 6.96. The molecule has 2 nitrogen and oxygen atoms in total. The summed E-state index contributed by atoms with van der Waals surface area (Å²) in [4.78, 5) is 11.2. The van der Waals surface area contributed by atoms with Crippen molar-refractivity contribution in [3.8, 4) is 0 Å². The molecule has 164 valence electrons. The van der Waals surface area contributed by atoms with Crippen LogP contribution in [0, 0.1) is 0 Å². The summed E-state index contributed by atoms with van der Waals surface area (Å²) >= 11 is 0. The topological polar surface area (TPSA) is 37.3 Å². The lowest BCUT2D eigenvalue weighted by molar-refractivity contribution is 0.0697. The fourth-order valence-electron chi connectivity index (χ4n) is 4.76. The molecule has 32 heavy (non-hydrogen) atoms. The number of hydrogen-bond acceptors (Lipinski definition) is 1. The molecule has 2 heteroatoms. The first kappa shape index (κ1) is 22.1. The van der Waals surface area contributed by atoms with Crippen molar-refractivity contribution in [2.24, 2.45) is 0 Å². The van der Waals surface area contributed by atoms with E-state index in [4.69, 9.17) is 0 Å². The molecule has 3 aromatic carbocycles. The Labute approximate surface area is 191 Å². The van der Waals surface area contributed by atoms with Gasteiger partial charge in [-0.2, -0.15) is 0 Å². The quantitative estimate of drug-likeness (QED) is 0.430. The fourth-order valence-corrected chi connectivity index (χ4v) is 4.76. The highest BCUT2D eigenvalue weighted by Gasteiger charge is 2.37. The van der Waals surface area contributed by atoms with Crippen LogP contribution in [0.3, 0.4) is 0 Å². The predicted molar refractivity (Wildman–Crippen MR) is 133 cm³/mol. The molecule has 0 aliphatic heterocycles. The highest BCUT2D eigenvalue weighted by molar-refractivity contribution is 5.89. The van der Waals surface area contributed by atoms with Crippen molar-refractivity contribution in [3.63, 3.8) is 0 Å². The van der Waals surface area contributed by atoms with Crippen LogP contribution in [-0.4, -0.2) is 11.1 Å². The van der Waals surface area contributed by atoms with Gasteiger partial charge in [0.1, 0.15) is 0 Å². The Morgan fingerprint density at radius 3 is 2.03 bits per heavy atom. The molecule has 0 saturated heterocycles. The highest BCUT2D eigenvalue weighted by atomic mass is 16.4. The second-order valence-electron chi connectivity index (χ2n) is 10.3. The zero-order valence-electron chi connectivity index (χ0n) is 19.5. The Balaban J connectivity index is 1.81. The molecule has 1 aliphatic carbocycles. The Morgan fingerprint density at radius 2 is 1.41 bits per heavy atom. The molecule has 0 amide bonds. The monoisotopic (exact) mass is 424 g/mol. The van der Waals surface area contributed by atoms with E-state index in [1.54, 1.807) is 12.1 Å². The smallest absolute Gasteiger partial charge is 0.335 e. The van der Waals surface area contributed by atoms with Gasteiger partial charge < -0.3 is 5.11 Å². The van der Waals surface area contributed by atoms with Gasteiger partial charge in [-0.05, 0) is 75.6 Å². The minimum Gasteiger partial charge on any atom is -0.478 e. The van der Waals surface area contributed by atoms with Crippen LogP contribution in [0.2, 0.25) is 0 Å². The van der Waals surface area contributed by atoms with Gasteiger partial charge in [0.25, 0.3) is 0 Å². The van der Waals surface area contributed by atoms with E-state index in [0.717, 1.165) is 12.0 Å². The van der Waals surface area contributed by atoms with Crippen molar-refractivity contribution in [3.05, 3.63) is 106 Å². The molecule has 1 aliphatic rings. The number of fused-ring (bicyclic) bond motifs is 1. The molecule has 0 spiro atoms. The second kappa shape index (κ2) is 8.43. The van der Waals surface area contributed by atoms with Crippen molar-refractivity contribution in [1.29, 1.82) is 0 Å². The van der Waals surface area contributed by atoms with Gasteiger partial charge in [-0.25, -0.2) is 4.79 Å². The standard InChI is InChI=1S/C30H32O2/c1-29(2)16-17-30(3,4)27-20-24(14-15-26(27)29)25(18-21-8-6-5-7-9-21)19-22-10-12-23(13-11-22)28(31)32/h5-15,19-20H,16-18H2,1-4H3,(H,31,32)/b25-19-. The maximum atomic E-state index is 11.2. The van der Waals surface area contributed by atoms with Crippen LogP contribution in [-0.2, 0) is 17.3 Å². The third-order valence-electron chi connectivity index (χ3n) is 6.96. The minimum absolute atomic E-state index is 0.155. The molecule has 0 radical (unpaired) electrons. The summed E-state index contributed by atoms with van der Waals surface area (Å²) in [6.45, 7) is 9.42. The number of hydrogen-bond donors (Lipinski definition) is 1. The van der Waals surface area contributed by atoms with Crippen LogP contribution >= 0.6 is 0 Å². The minimum atomic E-state index is -0.899. The van der Waals surface area contributed by atoms with E-state index in [0.29, 0.717) is 5.56 Å². The summed E-state index contributed by atoms with van der Waals surface area (Å²) in [6.07, 6.45) is 5.41. The lowest BCUT2D eigenvalue weighted by Gasteiger charge is -2.42. The number of rotatable bonds is 5. The van der Waals surface area contributed by atoms with Gasteiger partial charge in [0.15, 0.2) is 0 Å². The Morgan fingerprint density at radius 1 is 0.812 bits per heavy atom. The van der Waals surface area contributed by atoms with E-state index in [1.165, 1.54) is 40.7 Å². The van der Waals surface area contributed by atoms with Crippen molar-refractivity contribution in [2.45, 2.75) is 57.8 Å². The molecule has 0 saturated carbocycles. The van der Waals surface area contributed by atoms with E-state index in [1.807, 2.05) is 18.2 Å². The van der Waals surface area contributed by atoms with Gasteiger partial charge in [0.05, 0.1) is 5.56 Å². The molecular weight excluding hydrogens is 392 g/mol. The van der Waals surface area contributed by atoms with Crippen LogP contribution < -0.4 is 0 Å². The molecule has 3 aromatic rings. The van der Waals surface area contributed by atoms with Crippen molar-refractivity contribution >= 4 is 17.6 Å². The van der Waals surface area contributed by atoms with E-state index >= 15 is 0 Å². The highest BCUT2D eigenvalue weighted by Crippen LogP contribution is 2.46. The van der Waals surface area contributed by atoms with Crippen molar-refractivity contribution < 1.29 is 9.90 Å². The fraction of sp³-hybridized carbons (Fsp3) is 0.300. The van der Waals surface area contributed by atoms with E-state index in [9.17, 15) is 9.90 Å². The number of benzene rings is 3. The van der Waals surface area contributed by atoms with E-state index in [-0.39, 0.29) is 10.8 Å². The molecule has 1 N–H and O–H groups in total. The SMILES string of the molecule is CC1(C)CCC(C)(C)c2cc(/C(=C\c3ccc(C(=O)O)cc3)Cc3ccccc3)ccc21. The predicted octanol–water partition coefficient (Wildman–Crippen LogP) is 7.52. The van der Waals surface area contributed by atoms with E-state index < -0.39 is 5.97 Å². The molecule has 4 rings (SSSR count). The number of carboxylic acids is 1. The van der Waals surface area contributed by atoms with Crippen molar-refractivity contribution in [2.75, 3.05) is 0 Å². The second-order valence-corrected chi connectivity index (χ2v) is 10.3. The van der Waals surface area contributed by atoms with Gasteiger partial charge >= 0.3 is 5.97 Å².